The topological polar surface area (TPSA) is 69.7 Å². The third-order valence-electron chi connectivity index (χ3n) is 2.88. The fraction of sp³-hybridized carbons (Fsp3) is 0.533. The molecule has 1 rings (SSSR count). The highest BCUT2D eigenvalue weighted by atomic mass is 32.2. The third-order valence-corrected chi connectivity index (χ3v) is 4.65. The van der Waals surface area contributed by atoms with Crippen LogP contribution in [0, 0.1) is 0 Å². The maximum absolute atomic E-state index is 11.9. The van der Waals surface area contributed by atoms with Crippen molar-refractivity contribution in [1.82, 2.24) is 0 Å². The van der Waals surface area contributed by atoms with Gasteiger partial charge in [0.05, 0.1) is 11.0 Å². The summed E-state index contributed by atoms with van der Waals surface area (Å²) < 4.78 is 34.9. The minimum absolute atomic E-state index is 0.0928. The van der Waals surface area contributed by atoms with Gasteiger partial charge in [0.1, 0.15) is 17.3 Å². The monoisotopic (exact) mass is 314 g/mol. The van der Waals surface area contributed by atoms with Gasteiger partial charge in [0.2, 0.25) is 0 Å². The summed E-state index contributed by atoms with van der Waals surface area (Å²) in [6.45, 7) is 7.01. The second kappa shape index (κ2) is 7.56. The lowest BCUT2D eigenvalue weighted by molar-refractivity contribution is -0.114. The van der Waals surface area contributed by atoms with Gasteiger partial charge in [-0.3, -0.25) is 4.79 Å². The summed E-state index contributed by atoms with van der Waals surface area (Å²) in [5.74, 6) is -0.348. The van der Waals surface area contributed by atoms with Crippen LogP contribution in [0.3, 0.4) is 0 Å². The SMILES string of the molecule is CCC(C)OC(C)Oc1ccc(S(=O)(=O)CC(C)=O)cc1. The van der Waals surface area contributed by atoms with Gasteiger partial charge in [-0.15, -0.1) is 0 Å². The summed E-state index contributed by atoms with van der Waals surface area (Å²) in [6.07, 6.45) is 0.561. The van der Waals surface area contributed by atoms with Gasteiger partial charge >= 0.3 is 0 Å². The fourth-order valence-corrected chi connectivity index (χ4v) is 2.97. The average Bonchev–Trinajstić information content (AvgIpc) is 2.37. The molecule has 0 saturated carbocycles. The van der Waals surface area contributed by atoms with Gasteiger partial charge in [-0.05, 0) is 51.5 Å². The fourth-order valence-electron chi connectivity index (χ4n) is 1.72. The first kappa shape index (κ1) is 17.7. The predicted octanol–water partition coefficient (Wildman–Crippen LogP) is 2.59. The molecule has 118 valence electrons. The minimum atomic E-state index is -3.56. The molecule has 0 spiro atoms. The average molecular weight is 314 g/mol. The summed E-state index contributed by atoms with van der Waals surface area (Å²) in [5, 5.41) is 0. The minimum Gasteiger partial charge on any atom is -0.465 e. The number of Topliss-reactive ketones (excluding diaryl/α,β-unsaturated/α-hetero) is 1. The number of rotatable bonds is 8. The van der Waals surface area contributed by atoms with E-state index >= 15 is 0 Å². The highest BCUT2D eigenvalue weighted by Gasteiger charge is 2.17. The Hall–Kier alpha value is -1.40. The molecule has 2 atom stereocenters. The van der Waals surface area contributed by atoms with Crippen molar-refractivity contribution in [2.75, 3.05) is 5.75 Å². The van der Waals surface area contributed by atoms with Gasteiger partial charge in [0, 0.05) is 0 Å². The van der Waals surface area contributed by atoms with Crippen LogP contribution in [0.5, 0.6) is 5.75 Å². The quantitative estimate of drug-likeness (QED) is 0.690. The number of sulfone groups is 1. The lowest BCUT2D eigenvalue weighted by Crippen LogP contribution is -2.22. The van der Waals surface area contributed by atoms with E-state index in [2.05, 4.69) is 0 Å². The second-order valence-electron chi connectivity index (χ2n) is 4.97. The number of carbonyl (C=O) groups is 1. The molecule has 0 bridgehead atoms. The van der Waals surface area contributed by atoms with Crippen LogP contribution in [0.2, 0.25) is 0 Å². The van der Waals surface area contributed by atoms with E-state index in [9.17, 15) is 13.2 Å². The van der Waals surface area contributed by atoms with E-state index in [0.717, 1.165) is 6.42 Å². The van der Waals surface area contributed by atoms with Gasteiger partial charge in [-0.2, -0.15) is 0 Å². The van der Waals surface area contributed by atoms with Crippen LogP contribution in [0.25, 0.3) is 0 Å². The summed E-state index contributed by atoms with van der Waals surface area (Å²) in [6, 6.07) is 5.99. The van der Waals surface area contributed by atoms with Crippen molar-refractivity contribution in [2.24, 2.45) is 0 Å². The Morgan fingerprint density at radius 1 is 1.19 bits per heavy atom. The summed E-state index contributed by atoms with van der Waals surface area (Å²) in [7, 11) is -3.56. The third kappa shape index (κ3) is 5.85. The molecule has 2 unspecified atom stereocenters. The van der Waals surface area contributed by atoms with E-state index in [-0.39, 0.29) is 16.8 Å². The Labute approximate surface area is 126 Å². The van der Waals surface area contributed by atoms with Crippen molar-refractivity contribution in [2.45, 2.75) is 51.4 Å². The molecular formula is C15H22O5S. The molecule has 5 nitrogen and oxygen atoms in total. The summed E-state index contributed by atoms with van der Waals surface area (Å²) >= 11 is 0. The molecule has 0 fully saturated rings. The first-order valence-electron chi connectivity index (χ1n) is 6.89. The molecule has 0 aromatic heterocycles. The Bertz CT molecular complexity index is 562. The van der Waals surface area contributed by atoms with Crippen LogP contribution in [0.4, 0.5) is 0 Å². The zero-order valence-corrected chi connectivity index (χ0v) is 13.6. The zero-order chi connectivity index (χ0) is 16.0. The number of hydrogen-bond donors (Lipinski definition) is 0. The van der Waals surface area contributed by atoms with Crippen LogP contribution in [-0.4, -0.2) is 32.3 Å². The molecule has 0 amide bonds. The lowest BCUT2D eigenvalue weighted by Gasteiger charge is -2.19. The predicted molar refractivity (Wildman–Crippen MR) is 80.1 cm³/mol. The van der Waals surface area contributed by atoms with Crippen molar-refractivity contribution in [3.05, 3.63) is 24.3 Å². The highest BCUT2D eigenvalue weighted by molar-refractivity contribution is 7.92. The Balaban J connectivity index is 2.72. The maximum atomic E-state index is 11.9. The normalized spacial score (nSPS) is 14.5. The molecule has 0 saturated heterocycles. The van der Waals surface area contributed by atoms with E-state index in [4.69, 9.17) is 9.47 Å². The number of benzene rings is 1. The second-order valence-corrected chi connectivity index (χ2v) is 6.96. The number of carbonyl (C=O) groups excluding carboxylic acids is 1. The van der Waals surface area contributed by atoms with E-state index in [0.29, 0.717) is 5.75 Å². The van der Waals surface area contributed by atoms with E-state index < -0.39 is 21.9 Å². The highest BCUT2D eigenvalue weighted by Crippen LogP contribution is 2.19. The molecule has 0 radical (unpaired) electrons. The first-order chi connectivity index (χ1) is 9.74. The van der Waals surface area contributed by atoms with Crippen LogP contribution >= 0.6 is 0 Å². The van der Waals surface area contributed by atoms with Crippen molar-refractivity contribution in [1.29, 1.82) is 0 Å². The smallest absolute Gasteiger partial charge is 0.197 e. The molecule has 0 aliphatic heterocycles. The van der Waals surface area contributed by atoms with Crippen LogP contribution < -0.4 is 4.74 Å². The van der Waals surface area contributed by atoms with Gasteiger partial charge < -0.3 is 9.47 Å². The standard InChI is InChI=1S/C15H22O5S/c1-5-12(3)19-13(4)20-14-6-8-15(9-7-14)21(17,18)10-11(2)16/h6-9,12-13H,5,10H2,1-4H3. The molecular weight excluding hydrogens is 292 g/mol. The zero-order valence-electron chi connectivity index (χ0n) is 12.8. The number of hydrogen-bond acceptors (Lipinski definition) is 5. The van der Waals surface area contributed by atoms with Crippen LogP contribution in [0.15, 0.2) is 29.2 Å². The summed E-state index contributed by atoms with van der Waals surface area (Å²) in [5.41, 5.74) is 0. The van der Waals surface area contributed by atoms with Gasteiger partial charge in [-0.25, -0.2) is 8.42 Å². The van der Waals surface area contributed by atoms with Crippen molar-refractivity contribution in [3.8, 4) is 5.75 Å². The van der Waals surface area contributed by atoms with E-state index in [1.54, 1.807) is 19.1 Å². The van der Waals surface area contributed by atoms with Gasteiger partial charge in [0.25, 0.3) is 0 Å². The lowest BCUT2D eigenvalue weighted by atomic mass is 10.3. The summed E-state index contributed by atoms with van der Waals surface area (Å²) in [4.78, 5) is 11.1. The van der Waals surface area contributed by atoms with Gasteiger partial charge in [-0.1, -0.05) is 6.92 Å². The van der Waals surface area contributed by atoms with Crippen molar-refractivity contribution < 1.29 is 22.7 Å². The number of ether oxygens (including phenoxy) is 2. The maximum Gasteiger partial charge on any atom is 0.197 e. The van der Waals surface area contributed by atoms with E-state index in [1.807, 2.05) is 13.8 Å². The number of ketones is 1. The molecule has 21 heavy (non-hydrogen) atoms. The molecule has 0 heterocycles. The Kier molecular flexibility index (Phi) is 6.36. The van der Waals surface area contributed by atoms with Gasteiger partial charge in [0.15, 0.2) is 16.1 Å². The van der Waals surface area contributed by atoms with E-state index in [1.165, 1.54) is 19.1 Å². The van der Waals surface area contributed by atoms with Crippen LogP contribution in [0.1, 0.15) is 34.1 Å². The molecule has 0 aliphatic rings. The molecule has 6 heteroatoms. The molecule has 0 N–H and O–H groups in total. The largest absolute Gasteiger partial charge is 0.465 e. The Morgan fingerprint density at radius 2 is 1.76 bits per heavy atom. The van der Waals surface area contributed by atoms with Crippen molar-refractivity contribution >= 4 is 15.6 Å². The molecule has 1 aromatic carbocycles. The van der Waals surface area contributed by atoms with Crippen LogP contribution in [-0.2, 0) is 19.4 Å². The molecule has 1 aromatic rings. The molecule has 0 aliphatic carbocycles. The Morgan fingerprint density at radius 3 is 2.24 bits per heavy atom. The van der Waals surface area contributed by atoms with Crippen molar-refractivity contribution in [3.63, 3.8) is 0 Å². The first-order valence-corrected chi connectivity index (χ1v) is 8.54.